The minimum atomic E-state index is 0. The molecule has 3 rings (SSSR count). The summed E-state index contributed by atoms with van der Waals surface area (Å²) in [6.45, 7) is 5.73. The Hall–Kier alpha value is -0.800. The summed E-state index contributed by atoms with van der Waals surface area (Å²) < 4.78 is 10.5. The van der Waals surface area contributed by atoms with Gasteiger partial charge in [-0.25, -0.2) is 0 Å². The number of rotatable bonds is 9. The third-order valence-electron chi connectivity index (χ3n) is 5.41. The van der Waals surface area contributed by atoms with Crippen LogP contribution in [0.1, 0.15) is 37.9 Å². The molecule has 1 atom stereocenters. The van der Waals surface area contributed by atoms with Gasteiger partial charge >= 0.3 is 0 Å². The fourth-order valence-electron chi connectivity index (χ4n) is 4.03. The van der Waals surface area contributed by atoms with Crippen molar-refractivity contribution in [1.29, 1.82) is 0 Å². The van der Waals surface area contributed by atoms with Gasteiger partial charge in [0.05, 0.1) is 19.4 Å². The highest BCUT2D eigenvalue weighted by atomic mass is 127. The van der Waals surface area contributed by atoms with E-state index >= 15 is 0 Å². The lowest BCUT2D eigenvalue weighted by atomic mass is 10.1. The highest BCUT2D eigenvalue weighted by Gasteiger charge is 2.26. The van der Waals surface area contributed by atoms with E-state index in [0.29, 0.717) is 19.2 Å². The van der Waals surface area contributed by atoms with Crippen molar-refractivity contribution in [3.63, 3.8) is 0 Å². The number of nitrogens with one attached hydrogen (secondary N) is 2. The van der Waals surface area contributed by atoms with Crippen LogP contribution in [0.2, 0.25) is 0 Å². The quantitative estimate of drug-likeness (QED) is 0.241. The summed E-state index contributed by atoms with van der Waals surface area (Å²) in [5.41, 5.74) is 0. The third kappa shape index (κ3) is 7.99. The van der Waals surface area contributed by atoms with Crippen molar-refractivity contribution >= 4 is 29.9 Å². The number of hydrogen-bond donors (Lipinski definition) is 2. The monoisotopic (exact) mass is 490 g/mol. The van der Waals surface area contributed by atoms with E-state index in [1.165, 1.54) is 45.2 Å². The molecule has 1 saturated heterocycles. The van der Waals surface area contributed by atoms with E-state index in [4.69, 9.17) is 9.15 Å². The molecule has 0 radical (unpaired) electrons. The first kappa shape index (κ1) is 22.5. The first-order valence-electron chi connectivity index (χ1n) is 10.1. The predicted octanol–water partition coefficient (Wildman–Crippen LogP) is 2.89. The molecule has 154 valence electrons. The summed E-state index contributed by atoms with van der Waals surface area (Å²) in [5.74, 6) is 2.81. The van der Waals surface area contributed by atoms with Gasteiger partial charge in [-0.2, -0.15) is 0 Å². The molecule has 1 aromatic heterocycles. The molecule has 2 N–H and O–H groups in total. The molecule has 2 heterocycles. The summed E-state index contributed by atoms with van der Waals surface area (Å²) in [5, 5.41) is 7.06. The third-order valence-corrected chi connectivity index (χ3v) is 5.41. The van der Waals surface area contributed by atoms with Crippen LogP contribution in [0.4, 0.5) is 0 Å². The van der Waals surface area contributed by atoms with E-state index in [1.807, 2.05) is 12.1 Å². The normalized spacial score (nSPS) is 21.4. The maximum absolute atomic E-state index is 5.40. The first-order chi connectivity index (χ1) is 12.8. The Morgan fingerprint density at radius 1 is 1.33 bits per heavy atom. The van der Waals surface area contributed by atoms with Crippen molar-refractivity contribution < 1.29 is 9.15 Å². The zero-order valence-electron chi connectivity index (χ0n) is 16.5. The van der Waals surface area contributed by atoms with Crippen LogP contribution in [0.5, 0.6) is 0 Å². The lowest BCUT2D eigenvalue weighted by molar-refractivity contribution is 0.208. The summed E-state index contributed by atoms with van der Waals surface area (Å²) in [7, 11) is 1.71. The van der Waals surface area contributed by atoms with E-state index in [0.717, 1.165) is 37.1 Å². The minimum absolute atomic E-state index is 0. The molecule has 0 aromatic carbocycles. The molecule has 1 unspecified atom stereocenters. The van der Waals surface area contributed by atoms with Gasteiger partial charge < -0.3 is 24.7 Å². The van der Waals surface area contributed by atoms with Gasteiger partial charge in [-0.3, -0.25) is 4.99 Å². The van der Waals surface area contributed by atoms with E-state index in [1.54, 1.807) is 13.4 Å². The van der Waals surface area contributed by atoms with Crippen molar-refractivity contribution in [1.82, 2.24) is 15.5 Å². The van der Waals surface area contributed by atoms with Crippen LogP contribution >= 0.6 is 24.0 Å². The number of likely N-dealkylation sites (tertiary alicyclic amines) is 1. The van der Waals surface area contributed by atoms with Crippen LogP contribution < -0.4 is 10.6 Å². The molecule has 2 aliphatic rings. The van der Waals surface area contributed by atoms with Crippen LogP contribution in [-0.2, 0) is 11.2 Å². The molecule has 7 heteroatoms. The molecule has 1 saturated carbocycles. The van der Waals surface area contributed by atoms with Crippen molar-refractivity contribution in [3.05, 3.63) is 24.2 Å². The SMILES string of the molecule is COCCN=C(NCCc1ccco1)NC1CCN(CC2CCCC2)C1.I. The van der Waals surface area contributed by atoms with Gasteiger partial charge in [-0.15, -0.1) is 24.0 Å². The zero-order valence-corrected chi connectivity index (χ0v) is 18.8. The van der Waals surface area contributed by atoms with Gasteiger partial charge in [-0.1, -0.05) is 12.8 Å². The topological polar surface area (TPSA) is 62.0 Å². The number of ether oxygens (including phenoxy) is 1. The minimum Gasteiger partial charge on any atom is -0.469 e. The number of guanidine groups is 1. The Kier molecular flexibility index (Phi) is 10.5. The van der Waals surface area contributed by atoms with Crippen molar-refractivity contribution in [2.24, 2.45) is 10.9 Å². The Balaban J connectivity index is 0.00000261. The fourth-order valence-corrected chi connectivity index (χ4v) is 4.03. The highest BCUT2D eigenvalue weighted by molar-refractivity contribution is 14.0. The molecule has 27 heavy (non-hydrogen) atoms. The zero-order chi connectivity index (χ0) is 18.0. The number of furan rings is 1. The van der Waals surface area contributed by atoms with Gasteiger partial charge in [0.1, 0.15) is 5.76 Å². The molecule has 2 fully saturated rings. The van der Waals surface area contributed by atoms with E-state index in [2.05, 4.69) is 20.5 Å². The van der Waals surface area contributed by atoms with Crippen LogP contribution in [0.15, 0.2) is 27.8 Å². The Morgan fingerprint density at radius 3 is 2.93 bits per heavy atom. The second kappa shape index (κ2) is 12.6. The predicted molar refractivity (Wildman–Crippen MR) is 120 cm³/mol. The molecule has 1 aliphatic carbocycles. The molecular weight excluding hydrogens is 455 g/mol. The summed E-state index contributed by atoms with van der Waals surface area (Å²) in [6, 6.07) is 4.42. The average Bonchev–Trinajstić information content (AvgIpc) is 3.39. The summed E-state index contributed by atoms with van der Waals surface area (Å²) in [4.78, 5) is 7.27. The van der Waals surface area contributed by atoms with Gasteiger partial charge in [-0.05, 0) is 37.3 Å². The molecule has 0 spiro atoms. The molecular formula is C20H35IN4O2. The molecule has 1 aliphatic heterocycles. The van der Waals surface area contributed by atoms with Crippen LogP contribution in [-0.4, -0.2) is 63.3 Å². The van der Waals surface area contributed by atoms with E-state index in [9.17, 15) is 0 Å². The second-order valence-corrected chi connectivity index (χ2v) is 7.52. The number of hydrogen-bond acceptors (Lipinski definition) is 4. The largest absolute Gasteiger partial charge is 0.469 e. The number of nitrogens with zero attached hydrogens (tertiary/aromatic N) is 2. The fraction of sp³-hybridized carbons (Fsp3) is 0.750. The molecule has 1 aromatic rings. The van der Waals surface area contributed by atoms with Gasteiger partial charge in [0, 0.05) is 45.8 Å². The molecule has 0 bridgehead atoms. The lowest BCUT2D eigenvalue weighted by Crippen LogP contribution is -2.45. The highest BCUT2D eigenvalue weighted by Crippen LogP contribution is 2.26. The average molecular weight is 490 g/mol. The first-order valence-corrected chi connectivity index (χ1v) is 10.1. The van der Waals surface area contributed by atoms with Crippen LogP contribution in [0.25, 0.3) is 0 Å². The lowest BCUT2D eigenvalue weighted by Gasteiger charge is -2.21. The van der Waals surface area contributed by atoms with Crippen LogP contribution in [0.3, 0.4) is 0 Å². The van der Waals surface area contributed by atoms with Gasteiger partial charge in [0.25, 0.3) is 0 Å². The number of methoxy groups -OCH3 is 1. The standard InChI is InChI=1S/C20H34N4O2.HI/c1-25-14-11-22-20(21-10-8-19-7-4-13-26-19)23-18-9-12-24(16-18)15-17-5-2-3-6-17;/h4,7,13,17-18H,2-3,5-6,8-12,14-16H2,1H3,(H2,21,22,23);1H. The van der Waals surface area contributed by atoms with Crippen molar-refractivity contribution in [3.8, 4) is 0 Å². The number of halogens is 1. The maximum atomic E-state index is 5.40. The maximum Gasteiger partial charge on any atom is 0.191 e. The molecule has 6 nitrogen and oxygen atoms in total. The number of aliphatic imine (C=N–C) groups is 1. The summed E-state index contributed by atoms with van der Waals surface area (Å²) >= 11 is 0. The Morgan fingerprint density at radius 2 is 2.19 bits per heavy atom. The van der Waals surface area contributed by atoms with Gasteiger partial charge in [0.15, 0.2) is 5.96 Å². The summed E-state index contributed by atoms with van der Waals surface area (Å²) in [6.07, 6.45) is 9.47. The van der Waals surface area contributed by atoms with Gasteiger partial charge in [0.2, 0.25) is 0 Å². The Labute approximate surface area is 180 Å². The van der Waals surface area contributed by atoms with Crippen molar-refractivity contribution in [2.75, 3.05) is 46.4 Å². The van der Waals surface area contributed by atoms with Crippen LogP contribution in [0, 0.1) is 5.92 Å². The van der Waals surface area contributed by atoms with E-state index in [-0.39, 0.29) is 24.0 Å². The van der Waals surface area contributed by atoms with E-state index < -0.39 is 0 Å². The second-order valence-electron chi connectivity index (χ2n) is 7.52. The smallest absolute Gasteiger partial charge is 0.191 e. The van der Waals surface area contributed by atoms with Crippen molar-refractivity contribution in [2.45, 2.75) is 44.6 Å². The Bertz CT molecular complexity index is 532. The molecule has 0 amide bonds.